The molecule has 0 aromatic carbocycles. The van der Waals surface area contributed by atoms with E-state index in [0.29, 0.717) is 25.1 Å². The van der Waals surface area contributed by atoms with Crippen LogP contribution in [0.25, 0.3) is 0 Å². The molecule has 0 bridgehead atoms. The molecule has 1 amide bonds. The van der Waals surface area contributed by atoms with Gasteiger partial charge in [-0.25, -0.2) is 4.98 Å². The Bertz CT molecular complexity index is 455. The van der Waals surface area contributed by atoms with Gasteiger partial charge in [0.2, 0.25) is 11.8 Å². The topological polar surface area (TPSA) is 71.5 Å². The van der Waals surface area contributed by atoms with Crippen molar-refractivity contribution in [3.05, 3.63) is 23.9 Å². The van der Waals surface area contributed by atoms with E-state index in [0.717, 1.165) is 5.69 Å². The number of hydrogen-bond donors (Lipinski definition) is 2. The lowest BCUT2D eigenvalue weighted by molar-refractivity contribution is -0.121. The Morgan fingerprint density at radius 1 is 1.43 bits per heavy atom. The fraction of sp³-hybridized carbons (Fsp3) is 0.625. The molecule has 5 nitrogen and oxygen atoms in total. The van der Waals surface area contributed by atoms with Crippen molar-refractivity contribution in [3.63, 3.8) is 0 Å². The summed E-state index contributed by atoms with van der Waals surface area (Å²) in [7, 11) is 0. The third-order valence-corrected chi connectivity index (χ3v) is 2.77. The van der Waals surface area contributed by atoms with Gasteiger partial charge in [0.25, 0.3) is 0 Å². The van der Waals surface area contributed by atoms with Crippen LogP contribution in [0.5, 0.6) is 5.88 Å². The molecule has 1 atom stereocenters. The van der Waals surface area contributed by atoms with Crippen molar-refractivity contribution in [3.8, 4) is 5.88 Å². The van der Waals surface area contributed by atoms with Crippen LogP contribution in [0, 0.1) is 0 Å². The van der Waals surface area contributed by atoms with Gasteiger partial charge in [-0.1, -0.05) is 6.07 Å². The largest absolute Gasteiger partial charge is 0.472 e. The summed E-state index contributed by atoms with van der Waals surface area (Å²) in [4.78, 5) is 16.2. The lowest BCUT2D eigenvalue weighted by Crippen LogP contribution is -2.33. The smallest absolute Gasteiger partial charge is 0.220 e. The van der Waals surface area contributed by atoms with E-state index in [2.05, 4.69) is 10.3 Å². The zero-order valence-electron chi connectivity index (χ0n) is 13.3. The molecule has 0 aliphatic rings. The lowest BCUT2D eigenvalue weighted by Gasteiger charge is -2.20. The number of nitrogens with one attached hydrogen (secondary N) is 1. The van der Waals surface area contributed by atoms with Gasteiger partial charge >= 0.3 is 0 Å². The van der Waals surface area contributed by atoms with Gasteiger partial charge in [0.05, 0.1) is 0 Å². The van der Waals surface area contributed by atoms with Gasteiger partial charge in [-0.2, -0.15) is 0 Å². The summed E-state index contributed by atoms with van der Waals surface area (Å²) in [6, 6.07) is 5.58. The summed E-state index contributed by atoms with van der Waals surface area (Å²) in [6.07, 6.45) is 1.51. The minimum atomic E-state index is -0.289. The Labute approximate surface area is 126 Å². The summed E-state index contributed by atoms with van der Waals surface area (Å²) in [5, 5.41) is 11.7. The maximum Gasteiger partial charge on any atom is 0.220 e. The normalized spacial score (nSPS) is 12.8. The number of hydrogen-bond acceptors (Lipinski definition) is 4. The van der Waals surface area contributed by atoms with Gasteiger partial charge in [0.15, 0.2) is 0 Å². The molecule has 1 unspecified atom stereocenters. The number of aryl methyl sites for hydroxylation is 1. The number of carbonyl (C=O) groups is 1. The molecule has 1 heterocycles. The van der Waals surface area contributed by atoms with Crippen molar-refractivity contribution in [2.75, 3.05) is 6.61 Å². The number of aliphatic hydroxyl groups excluding tert-OH is 1. The first-order valence-electron chi connectivity index (χ1n) is 7.35. The number of carbonyl (C=O) groups excluding carboxylic acids is 1. The van der Waals surface area contributed by atoms with Gasteiger partial charge in [-0.3, -0.25) is 4.79 Å². The minimum Gasteiger partial charge on any atom is -0.472 e. The predicted octanol–water partition coefficient (Wildman–Crippen LogP) is 2.08. The van der Waals surface area contributed by atoms with Crippen molar-refractivity contribution in [1.82, 2.24) is 10.3 Å². The third kappa shape index (κ3) is 7.66. The van der Waals surface area contributed by atoms with E-state index >= 15 is 0 Å². The molecule has 0 aliphatic carbocycles. The molecule has 21 heavy (non-hydrogen) atoms. The molecular weight excluding hydrogens is 268 g/mol. The van der Waals surface area contributed by atoms with E-state index in [1.807, 2.05) is 45.9 Å². The molecule has 0 radical (unpaired) electrons. The van der Waals surface area contributed by atoms with Crippen molar-refractivity contribution in [1.29, 1.82) is 0 Å². The second-order valence-electron chi connectivity index (χ2n) is 6.16. The summed E-state index contributed by atoms with van der Waals surface area (Å²) in [5.41, 5.74) is 0.546. The highest BCUT2D eigenvalue weighted by atomic mass is 16.5. The van der Waals surface area contributed by atoms with Gasteiger partial charge in [-0.05, 0) is 46.6 Å². The van der Waals surface area contributed by atoms with Crippen molar-refractivity contribution in [2.24, 2.45) is 0 Å². The van der Waals surface area contributed by atoms with Crippen LogP contribution in [0.3, 0.4) is 0 Å². The fourth-order valence-electron chi connectivity index (χ4n) is 1.82. The third-order valence-electron chi connectivity index (χ3n) is 2.77. The Morgan fingerprint density at radius 2 is 2.14 bits per heavy atom. The zero-order chi connectivity index (χ0) is 15.9. The van der Waals surface area contributed by atoms with Gasteiger partial charge in [0.1, 0.15) is 5.60 Å². The highest BCUT2D eigenvalue weighted by Gasteiger charge is 2.13. The number of aromatic nitrogens is 1. The molecule has 2 N–H and O–H groups in total. The Balaban J connectivity index is 2.48. The Kier molecular flexibility index (Phi) is 6.62. The summed E-state index contributed by atoms with van der Waals surface area (Å²) < 4.78 is 5.71. The number of aliphatic hydroxyl groups is 1. The fourth-order valence-corrected chi connectivity index (χ4v) is 1.82. The molecule has 5 heteroatoms. The van der Waals surface area contributed by atoms with Crippen LogP contribution < -0.4 is 10.1 Å². The van der Waals surface area contributed by atoms with Crippen LogP contribution in [0.4, 0.5) is 0 Å². The molecule has 118 valence electrons. The highest BCUT2D eigenvalue weighted by molar-refractivity contribution is 5.76. The van der Waals surface area contributed by atoms with Crippen LogP contribution in [0.15, 0.2) is 18.2 Å². The summed E-state index contributed by atoms with van der Waals surface area (Å²) in [5.74, 6) is 0.550. The number of amides is 1. The van der Waals surface area contributed by atoms with Crippen molar-refractivity contribution < 1.29 is 14.6 Å². The van der Waals surface area contributed by atoms with Gasteiger partial charge in [-0.15, -0.1) is 0 Å². The second kappa shape index (κ2) is 7.98. The van der Waals surface area contributed by atoms with Gasteiger partial charge < -0.3 is 15.2 Å². The molecule has 0 aliphatic heterocycles. The molecule has 1 aromatic heterocycles. The Hall–Kier alpha value is -1.62. The standard InChI is InChI=1S/C16H26N2O3/c1-12(10-11-19)17-14(20)9-8-13-6-5-7-15(18-13)21-16(2,3)4/h5-7,12,19H,8-11H2,1-4H3,(H,17,20). The summed E-state index contributed by atoms with van der Waals surface area (Å²) >= 11 is 0. The SMILES string of the molecule is CC(CCO)NC(=O)CCc1cccc(OC(C)(C)C)n1. The van der Waals surface area contributed by atoms with E-state index in [1.54, 1.807) is 0 Å². The van der Waals surface area contributed by atoms with Crippen LogP contribution in [0.1, 0.15) is 46.2 Å². The van der Waals surface area contributed by atoms with E-state index in [1.165, 1.54) is 0 Å². The van der Waals surface area contributed by atoms with E-state index in [4.69, 9.17) is 9.84 Å². The van der Waals surface area contributed by atoms with Crippen molar-refractivity contribution >= 4 is 5.91 Å². The second-order valence-corrected chi connectivity index (χ2v) is 6.16. The van der Waals surface area contributed by atoms with E-state index in [9.17, 15) is 4.79 Å². The Morgan fingerprint density at radius 3 is 2.76 bits per heavy atom. The number of nitrogens with zero attached hydrogens (tertiary/aromatic N) is 1. The molecule has 1 rings (SSSR count). The lowest BCUT2D eigenvalue weighted by atomic mass is 10.2. The van der Waals surface area contributed by atoms with E-state index < -0.39 is 0 Å². The average molecular weight is 294 g/mol. The highest BCUT2D eigenvalue weighted by Crippen LogP contribution is 2.16. The maximum absolute atomic E-state index is 11.8. The minimum absolute atomic E-state index is 0.00832. The average Bonchev–Trinajstić information content (AvgIpc) is 2.35. The quantitative estimate of drug-likeness (QED) is 0.807. The predicted molar refractivity (Wildman–Crippen MR) is 82.2 cm³/mol. The van der Waals surface area contributed by atoms with Crippen molar-refractivity contribution in [2.45, 2.75) is 58.6 Å². The molecule has 0 fully saturated rings. The monoisotopic (exact) mass is 294 g/mol. The zero-order valence-corrected chi connectivity index (χ0v) is 13.3. The molecular formula is C16H26N2O3. The van der Waals surface area contributed by atoms with Crippen LogP contribution in [-0.4, -0.2) is 34.2 Å². The van der Waals surface area contributed by atoms with Crippen LogP contribution in [-0.2, 0) is 11.2 Å². The van der Waals surface area contributed by atoms with Gasteiger partial charge in [0, 0.05) is 30.8 Å². The first-order valence-corrected chi connectivity index (χ1v) is 7.35. The number of rotatable bonds is 7. The molecule has 1 aromatic rings. The molecule has 0 saturated carbocycles. The van der Waals surface area contributed by atoms with Crippen LogP contribution >= 0.6 is 0 Å². The number of pyridine rings is 1. The maximum atomic E-state index is 11.8. The number of ether oxygens (including phenoxy) is 1. The first kappa shape index (κ1) is 17.4. The van der Waals surface area contributed by atoms with E-state index in [-0.39, 0.29) is 24.2 Å². The first-order chi connectivity index (χ1) is 9.80. The van der Waals surface area contributed by atoms with Crippen LogP contribution in [0.2, 0.25) is 0 Å². The molecule has 0 spiro atoms. The molecule has 0 saturated heterocycles. The summed E-state index contributed by atoms with van der Waals surface area (Å²) in [6.45, 7) is 7.87.